The van der Waals surface area contributed by atoms with Gasteiger partial charge in [-0.05, 0) is 24.6 Å². The van der Waals surface area contributed by atoms with E-state index in [1.165, 1.54) is 19.2 Å². The Morgan fingerprint density at radius 2 is 2.08 bits per heavy atom. The van der Waals surface area contributed by atoms with Crippen LogP contribution >= 0.6 is 0 Å². The van der Waals surface area contributed by atoms with E-state index in [1.807, 2.05) is 6.92 Å². The summed E-state index contributed by atoms with van der Waals surface area (Å²) in [7, 11) is 1.31. The van der Waals surface area contributed by atoms with E-state index in [0.29, 0.717) is 12.2 Å². The second-order valence-electron chi connectivity index (χ2n) is 2.33. The van der Waals surface area contributed by atoms with Crippen LogP contribution in [0.4, 0.5) is 10.1 Å². The van der Waals surface area contributed by atoms with E-state index in [-0.39, 0.29) is 5.82 Å². The van der Waals surface area contributed by atoms with Crippen LogP contribution in [0.15, 0.2) is 18.2 Å². The van der Waals surface area contributed by atoms with E-state index in [2.05, 4.69) is 4.74 Å². The average Bonchev–Trinajstić information content (AvgIpc) is 2.12. The van der Waals surface area contributed by atoms with Crippen molar-refractivity contribution in [3.05, 3.63) is 29.6 Å². The van der Waals surface area contributed by atoms with Crippen molar-refractivity contribution >= 4 is 12.2 Å². The summed E-state index contributed by atoms with van der Waals surface area (Å²) in [6.45, 7) is 2.22. The second kappa shape index (κ2) is 5.99. The molecule has 0 bridgehead atoms. The molecule has 0 fully saturated rings. The quantitative estimate of drug-likeness (QED) is 0.533. The zero-order valence-electron chi connectivity index (χ0n) is 7.58. The molecule has 0 aliphatic heterocycles. The largest absolute Gasteiger partial charge is 0.471 e. The molecule has 13 heavy (non-hydrogen) atoms. The molecule has 0 saturated heterocycles. The average molecular weight is 185 g/mol. The minimum absolute atomic E-state index is 0.280. The summed E-state index contributed by atoms with van der Waals surface area (Å²) >= 11 is 0. The van der Waals surface area contributed by atoms with Gasteiger partial charge in [0.2, 0.25) is 0 Å². The summed E-state index contributed by atoms with van der Waals surface area (Å²) in [5.74, 6) is -0.280. The first-order chi connectivity index (χ1) is 6.11. The number of halogens is 1. The standard InChI is InChI=1S/C7H8FN.C2H4O2/c1-5-2-3-6(8)4-7(5)9;1-4-2-3/h2-4H,9H2,1H3;2H,1H3. The summed E-state index contributed by atoms with van der Waals surface area (Å²) in [6.07, 6.45) is 0. The van der Waals surface area contributed by atoms with Crippen LogP contribution in [-0.2, 0) is 9.53 Å². The molecule has 1 rings (SSSR count). The summed E-state index contributed by atoms with van der Waals surface area (Å²) < 4.78 is 16.1. The number of ether oxygens (including phenoxy) is 1. The molecule has 0 aliphatic rings. The molecule has 0 aromatic heterocycles. The van der Waals surface area contributed by atoms with E-state index in [1.54, 1.807) is 6.07 Å². The molecule has 0 amide bonds. The molecule has 1 aromatic carbocycles. The van der Waals surface area contributed by atoms with Crippen LogP contribution < -0.4 is 5.73 Å². The zero-order chi connectivity index (χ0) is 10.3. The lowest BCUT2D eigenvalue weighted by Gasteiger charge is -1.96. The van der Waals surface area contributed by atoms with Crippen molar-refractivity contribution in [1.82, 2.24) is 0 Å². The minimum atomic E-state index is -0.280. The number of carbonyl (C=O) groups excluding carboxylic acids is 1. The lowest BCUT2D eigenvalue weighted by molar-refractivity contribution is -0.126. The van der Waals surface area contributed by atoms with Gasteiger partial charge in [-0.25, -0.2) is 4.39 Å². The number of nitrogens with two attached hydrogens (primary N) is 1. The van der Waals surface area contributed by atoms with E-state index in [4.69, 9.17) is 10.5 Å². The topological polar surface area (TPSA) is 52.3 Å². The molecule has 0 saturated carbocycles. The fraction of sp³-hybridized carbons (Fsp3) is 0.222. The highest BCUT2D eigenvalue weighted by atomic mass is 19.1. The van der Waals surface area contributed by atoms with Crippen molar-refractivity contribution in [2.75, 3.05) is 12.8 Å². The van der Waals surface area contributed by atoms with Crippen LogP contribution in [0.3, 0.4) is 0 Å². The summed E-state index contributed by atoms with van der Waals surface area (Å²) in [4.78, 5) is 8.95. The monoisotopic (exact) mass is 185 g/mol. The van der Waals surface area contributed by atoms with Crippen LogP contribution in [0.1, 0.15) is 5.56 Å². The molecule has 0 heterocycles. The van der Waals surface area contributed by atoms with Crippen LogP contribution in [0.5, 0.6) is 0 Å². The number of hydrogen-bond acceptors (Lipinski definition) is 3. The molecule has 1 aromatic rings. The fourth-order valence-corrected chi connectivity index (χ4v) is 0.611. The lowest BCUT2D eigenvalue weighted by Crippen LogP contribution is -1.89. The van der Waals surface area contributed by atoms with E-state index in [0.717, 1.165) is 5.56 Å². The third kappa shape index (κ3) is 4.79. The number of rotatable bonds is 1. The summed E-state index contributed by atoms with van der Waals surface area (Å²) in [5, 5.41) is 0. The van der Waals surface area contributed by atoms with Crippen molar-refractivity contribution in [1.29, 1.82) is 0 Å². The van der Waals surface area contributed by atoms with Crippen molar-refractivity contribution in [3.63, 3.8) is 0 Å². The highest BCUT2D eigenvalue weighted by Crippen LogP contribution is 2.10. The van der Waals surface area contributed by atoms with Gasteiger partial charge in [-0.1, -0.05) is 6.07 Å². The molecule has 3 nitrogen and oxygen atoms in total. The van der Waals surface area contributed by atoms with Gasteiger partial charge in [-0.2, -0.15) is 0 Å². The van der Waals surface area contributed by atoms with E-state index < -0.39 is 0 Å². The normalized spacial score (nSPS) is 8.23. The molecular formula is C9H12FNO2. The Labute approximate surface area is 76.3 Å². The molecule has 72 valence electrons. The predicted molar refractivity (Wildman–Crippen MR) is 48.6 cm³/mol. The second-order valence-corrected chi connectivity index (χ2v) is 2.33. The Bertz CT molecular complexity index is 276. The number of aryl methyl sites for hydroxylation is 1. The third-order valence-electron chi connectivity index (χ3n) is 1.34. The maximum absolute atomic E-state index is 12.3. The van der Waals surface area contributed by atoms with Gasteiger partial charge in [0.05, 0.1) is 7.11 Å². The van der Waals surface area contributed by atoms with Gasteiger partial charge in [-0.15, -0.1) is 0 Å². The van der Waals surface area contributed by atoms with Gasteiger partial charge in [-0.3, -0.25) is 4.79 Å². The minimum Gasteiger partial charge on any atom is -0.471 e. The molecule has 0 radical (unpaired) electrons. The molecule has 2 N–H and O–H groups in total. The van der Waals surface area contributed by atoms with Crippen molar-refractivity contribution in [3.8, 4) is 0 Å². The number of carbonyl (C=O) groups is 1. The number of benzene rings is 1. The van der Waals surface area contributed by atoms with Gasteiger partial charge >= 0.3 is 0 Å². The van der Waals surface area contributed by atoms with Crippen LogP contribution in [-0.4, -0.2) is 13.6 Å². The molecule has 0 aliphatic carbocycles. The van der Waals surface area contributed by atoms with Crippen LogP contribution in [0.25, 0.3) is 0 Å². The Hall–Kier alpha value is -1.58. The maximum Gasteiger partial charge on any atom is 0.292 e. The summed E-state index contributed by atoms with van der Waals surface area (Å²) in [5.41, 5.74) is 6.80. The SMILES string of the molecule is COC=O.Cc1ccc(F)cc1N. The van der Waals surface area contributed by atoms with Gasteiger partial charge in [0.1, 0.15) is 5.82 Å². The maximum atomic E-state index is 12.3. The smallest absolute Gasteiger partial charge is 0.292 e. The first-order valence-corrected chi connectivity index (χ1v) is 3.60. The molecular weight excluding hydrogens is 173 g/mol. The highest BCUT2D eigenvalue weighted by molar-refractivity contribution is 5.45. The first-order valence-electron chi connectivity index (χ1n) is 3.60. The molecule has 4 heteroatoms. The first kappa shape index (κ1) is 11.4. The number of nitrogen functional groups attached to an aromatic ring is 1. The predicted octanol–water partition coefficient (Wildman–Crippen LogP) is 1.51. The molecule has 0 unspecified atom stereocenters. The highest BCUT2D eigenvalue weighted by Gasteiger charge is 1.92. The van der Waals surface area contributed by atoms with Crippen molar-refractivity contribution in [2.45, 2.75) is 6.92 Å². The zero-order valence-corrected chi connectivity index (χ0v) is 7.58. The van der Waals surface area contributed by atoms with Crippen molar-refractivity contribution in [2.24, 2.45) is 0 Å². The van der Waals surface area contributed by atoms with Gasteiger partial charge in [0, 0.05) is 5.69 Å². The third-order valence-corrected chi connectivity index (χ3v) is 1.34. The Balaban J connectivity index is 0.000000310. The van der Waals surface area contributed by atoms with Gasteiger partial charge < -0.3 is 10.5 Å². The number of methoxy groups -OCH3 is 1. The van der Waals surface area contributed by atoms with Crippen LogP contribution in [0.2, 0.25) is 0 Å². The lowest BCUT2D eigenvalue weighted by atomic mass is 10.2. The van der Waals surface area contributed by atoms with Gasteiger partial charge in [0.15, 0.2) is 0 Å². The summed E-state index contributed by atoms with van der Waals surface area (Å²) in [6, 6.07) is 4.37. The molecule has 0 atom stereocenters. The van der Waals surface area contributed by atoms with E-state index >= 15 is 0 Å². The number of anilines is 1. The fourth-order valence-electron chi connectivity index (χ4n) is 0.611. The van der Waals surface area contributed by atoms with Gasteiger partial charge in [0.25, 0.3) is 6.47 Å². The Kier molecular flexibility index (Phi) is 5.27. The Morgan fingerprint density at radius 1 is 1.54 bits per heavy atom. The number of hydrogen-bond donors (Lipinski definition) is 1. The van der Waals surface area contributed by atoms with Crippen molar-refractivity contribution < 1.29 is 13.9 Å². The molecule has 0 spiro atoms. The van der Waals surface area contributed by atoms with E-state index in [9.17, 15) is 4.39 Å². The Morgan fingerprint density at radius 3 is 2.38 bits per heavy atom. The van der Waals surface area contributed by atoms with Crippen LogP contribution in [0, 0.1) is 12.7 Å².